The van der Waals surface area contributed by atoms with Gasteiger partial charge in [-0.25, -0.2) is 0 Å². The predicted molar refractivity (Wildman–Crippen MR) is 65.0 cm³/mol. The van der Waals surface area contributed by atoms with Crippen molar-refractivity contribution in [2.45, 2.75) is 0 Å². The minimum absolute atomic E-state index is 0.669. The van der Waals surface area contributed by atoms with Crippen molar-refractivity contribution in [2.75, 3.05) is 40.4 Å². The van der Waals surface area contributed by atoms with Crippen molar-refractivity contribution in [3.63, 3.8) is 0 Å². The van der Waals surface area contributed by atoms with Crippen LogP contribution in [0, 0.1) is 0 Å². The van der Waals surface area contributed by atoms with Crippen LogP contribution in [0.3, 0.4) is 0 Å². The molecule has 16 heavy (non-hydrogen) atoms. The summed E-state index contributed by atoms with van der Waals surface area (Å²) in [5, 5.41) is 0. The third-order valence-electron chi connectivity index (χ3n) is 2.31. The molecule has 1 aromatic carbocycles. The van der Waals surface area contributed by atoms with Crippen LogP contribution in [0.4, 0.5) is 0 Å². The van der Waals surface area contributed by atoms with E-state index in [0.29, 0.717) is 13.2 Å². The maximum Gasteiger partial charge on any atom is 0.119 e. The Morgan fingerprint density at radius 2 is 1.75 bits per heavy atom. The number of hydrogen-bond acceptors (Lipinski definition) is 4. The second-order valence-electron chi connectivity index (χ2n) is 3.62. The molecule has 0 aromatic heterocycles. The lowest BCUT2D eigenvalue weighted by atomic mass is 10.3. The summed E-state index contributed by atoms with van der Waals surface area (Å²) in [5.41, 5.74) is 5.45. The monoisotopic (exact) mass is 224 g/mol. The summed E-state index contributed by atoms with van der Waals surface area (Å²) in [6.07, 6.45) is 0. The smallest absolute Gasteiger partial charge is 0.119 e. The standard InChI is InChI=1S/C12H20N2O2/c1-14(8-7-13)9-10-16-12-5-3-11(15-2)4-6-12/h3-6H,7-10,13H2,1-2H3. The first kappa shape index (κ1) is 12.8. The van der Waals surface area contributed by atoms with Gasteiger partial charge in [0.05, 0.1) is 7.11 Å². The van der Waals surface area contributed by atoms with E-state index in [1.165, 1.54) is 0 Å². The van der Waals surface area contributed by atoms with Crippen LogP contribution < -0.4 is 15.2 Å². The lowest BCUT2D eigenvalue weighted by Crippen LogP contribution is -2.29. The molecule has 0 saturated heterocycles. The Kier molecular flexibility index (Phi) is 5.67. The lowest BCUT2D eigenvalue weighted by Gasteiger charge is -2.15. The van der Waals surface area contributed by atoms with E-state index in [1.54, 1.807) is 7.11 Å². The van der Waals surface area contributed by atoms with E-state index >= 15 is 0 Å². The first-order chi connectivity index (χ1) is 7.76. The van der Waals surface area contributed by atoms with Crippen LogP contribution in [0.5, 0.6) is 11.5 Å². The maximum atomic E-state index is 5.58. The molecule has 0 aliphatic heterocycles. The van der Waals surface area contributed by atoms with Gasteiger partial charge in [-0.2, -0.15) is 0 Å². The Morgan fingerprint density at radius 1 is 1.12 bits per heavy atom. The van der Waals surface area contributed by atoms with Crippen LogP contribution in [0.15, 0.2) is 24.3 Å². The van der Waals surface area contributed by atoms with Gasteiger partial charge in [0, 0.05) is 19.6 Å². The molecule has 0 unspecified atom stereocenters. The van der Waals surface area contributed by atoms with Crippen molar-refractivity contribution in [3.8, 4) is 11.5 Å². The molecular weight excluding hydrogens is 204 g/mol. The molecule has 90 valence electrons. The molecule has 0 saturated carbocycles. The van der Waals surface area contributed by atoms with Crippen LogP contribution in [-0.2, 0) is 0 Å². The topological polar surface area (TPSA) is 47.7 Å². The molecule has 0 heterocycles. The second-order valence-corrected chi connectivity index (χ2v) is 3.62. The van der Waals surface area contributed by atoms with Crippen LogP contribution in [-0.4, -0.2) is 45.3 Å². The van der Waals surface area contributed by atoms with Crippen molar-refractivity contribution < 1.29 is 9.47 Å². The second kappa shape index (κ2) is 7.09. The van der Waals surface area contributed by atoms with Crippen LogP contribution >= 0.6 is 0 Å². The summed E-state index contributed by atoms with van der Waals surface area (Å²) in [6, 6.07) is 7.58. The highest BCUT2D eigenvalue weighted by Crippen LogP contribution is 2.16. The lowest BCUT2D eigenvalue weighted by molar-refractivity contribution is 0.240. The summed E-state index contributed by atoms with van der Waals surface area (Å²) in [7, 11) is 3.68. The third-order valence-corrected chi connectivity index (χ3v) is 2.31. The van der Waals surface area contributed by atoms with Crippen molar-refractivity contribution in [1.82, 2.24) is 4.90 Å². The van der Waals surface area contributed by atoms with Crippen LogP contribution in [0.25, 0.3) is 0 Å². The largest absolute Gasteiger partial charge is 0.497 e. The molecule has 0 aliphatic carbocycles. The molecule has 0 fully saturated rings. The average Bonchev–Trinajstić information content (AvgIpc) is 2.30. The first-order valence-electron chi connectivity index (χ1n) is 5.41. The predicted octanol–water partition coefficient (Wildman–Crippen LogP) is 0.964. The number of nitrogens with two attached hydrogens (primary N) is 1. The molecule has 0 radical (unpaired) electrons. The minimum Gasteiger partial charge on any atom is -0.497 e. The Morgan fingerprint density at radius 3 is 2.31 bits per heavy atom. The quantitative estimate of drug-likeness (QED) is 0.749. The van der Waals surface area contributed by atoms with E-state index in [9.17, 15) is 0 Å². The molecule has 4 heteroatoms. The zero-order chi connectivity index (χ0) is 11.8. The average molecular weight is 224 g/mol. The number of methoxy groups -OCH3 is 1. The van der Waals surface area contributed by atoms with Gasteiger partial charge in [-0.3, -0.25) is 0 Å². The van der Waals surface area contributed by atoms with Crippen molar-refractivity contribution in [2.24, 2.45) is 5.73 Å². The van der Waals surface area contributed by atoms with Gasteiger partial charge in [0.1, 0.15) is 18.1 Å². The zero-order valence-corrected chi connectivity index (χ0v) is 9.98. The SMILES string of the molecule is COc1ccc(OCCN(C)CCN)cc1. The molecule has 0 amide bonds. The van der Waals surface area contributed by atoms with Gasteiger partial charge in [-0.15, -0.1) is 0 Å². The number of ether oxygens (including phenoxy) is 2. The van der Waals surface area contributed by atoms with Gasteiger partial charge in [-0.05, 0) is 31.3 Å². The molecule has 0 atom stereocenters. The number of nitrogens with zero attached hydrogens (tertiary/aromatic N) is 1. The third kappa shape index (κ3) is 4.51. The molecule has 2 N–H and O–H groups in total. The molecular formula is C12H20N2O2. The van der Waals surface area contributed by atoms with Gasteiger partial charge in [-0.1, -0.05) is 0 Å². The minimum atomic E-state index is 0.669. The van der Waals surface area contributed by atoms with E-state index in [-0.39, 0.29) is 0 Å². The Hall–Kier alpha value is -1.26. The Balaban J connectivity index is 2.26. The van der Waals surface area contributed by atoms with Gasteiger partial charge < -0.3 is 20.1 Å². The van der Waals surface area contributed by atoms with Crippen LogP contribution in [0.2, 0.25) is 0 Å². The summed E-state index contributed by atoms with van der Waals surface area (Å²) in [5.74, 6) is 1.70. The molecule has 4 nitrogen and oxygen atoms in total. The van der Waals surface area contributed by atoms with Crippen LogP contribution in [0.1, 0.15) is 0 Å². The number of hydrogen-bond donors (Lipinski definition) is 1. The van der Waals surface area contributed by atoms with Gasteiger partial charge in [0.2, 0.25) is 0 Å². The summed E-state index contributed by atoms with van der Waals surface area (Å²) in [4.78, 5) is 2.14. The van der Waals surface area contributed by atoms with E-state index in [1.807, 2.05) is 31.3 Å². The Bertz CT molecular complexity index is 288. The number of likely N-dealkylation sites (N-methyl/N-ethyl adjacent to an activating group) is 1. The number of rotatable bonds is 7. The molecule has 1 rings (SSSR count). The van der Waals surface area contributed by atoms with Crippen molar-refractivity contribution in [3.05, 3.63) is 24.3 Å². The highest BCUT2D eigenvalue weighted by atomic mass is 16.5. The van der Waals surface area contributed by atoms with Gasteiger partial charge in [0.25, 0.3) is 0 Å². The summed E-state index contributed by atoms with van der Waals surface area (Å²) >= 11 is 0. The highest BCUT2D eigenvalue weighted by Gasteiger charge is 1.98. The van der Waals surface area contributed by atoms with E-state index in [4.69, 9.17) is 15.2 Å². The molecule has 0 aliphatic rings. The first-order valence-corrected chi connectivity index (χ1v) is 5.41. The molecule has 0 spiro atoms. The van der Waals surface area contributed by atoms with Crippen molar-refractivity contribution in [1.29, 1.82) is 0 Å². The van der Waals surface area contributed by atoms with E-state index in [2.05, 4.69) is 4.90 Å². The highest BCUT2D eigenvalue weighted by molar-refractivity contribution is 5.31. The fraction of sp³-hybridized carbons (Fsp3) is 0.500. The van der Waals surface area contributed by atoms with Gasteiger partial charge in [0.15, 0.2) is 0 Å². The fourth-order valence-corrected chi connectivity index (χ4v) is 1.32. The normalized spacial score (nSPS) is 10.5. The van der Waals surface area contributed by atoms with Crippen molar-refractivity contribution >= 4 is 0 Å². The van der Waals surface area contributed by atoms with E-state index in [0.717, 1.165) is 24.6 Å². The fourth-order valence-electron chi connectivity index (χ4n) is 1.32. The van der Waals surface area contributed by atoms with Gasteiger partial charge >= 0.3 is 0 Å². The number of benzene rings is 1. The zero-order valence-electron chi connectivity index (χ0n) is 9.98. The summed E-state index contributed by atoms with van der Waals surface area (Å²) in [6.45, 7) is 3.12. The van der Waals surface area contributed by atoms with E-state index < -0.39 is 0 Å². The molecule has 0 bridgehead atoms. The Labute approximate surface area is 96.9 Å². The summed E-state index contributed by atoms with van der Waals surface area (Å²) < 4.78 is 10.7. The molecule has 1 aromatic rings. The maximum absolute atomic E-state index is 5.58.